The van der Waals surface area contributed by atoms with Crippen molar-refractivity contribution in [3.8, 4) is 0 Å². The van der Waals surface area contributed by atoms with Gasteiger partial charge in [-0.05, 0) is 18.8 Å². The summed E-state index contributed by atoms with van der Waals surface area (Å²) >= 11 is 0. The van der Waals surface area contributed by atoms with Crippen molar-refractivity contribution in [1.29, 1.82) is 0 Å². The van der Waals surface area contributed by atoms with Gasteiger partial charge in [0.25, 0.3) is 0 Å². The third-order valence-corrected chi connectivity index (χ3v) is 4.39. The van der Waals surface area contributed by atoms with Crippen LogP contribution in [0.1, 0.15) is 70.0 Å². The summed E-state index contributed by atoms with van der Waals surface area (Å²) in [4.78, 5) is 16.4. The predicted octanol–water partition coefficient (Wildman–Crippen LogP) is 2.57. The number of rotatable bonds is 7. The Balaban J connectivity index is 0.00000264. The van der Waals surface area contributed by atoms with Crippen molar-refractivity contribution in [2.75, 3.05) is 6.54 Å². The predicted molar refractivity (Wildman–Crippen MR) is 91.5 cm³/mol. The summed E-state index contributed by atoms with van der Waals surface area (Å²) in [6, 6.07) is 0.0988. The third-order valence-electron chi connectivity index (χ3n) is 4.39. The van der Waals surface area contributed by atoms with Gasteiger partial charge in [0, 0.05) is 31.3 Å². The molecular formula is C16H29ClN4O2. The van der Waals surface area contributed by atoms with Crippen molar-refractivity contribution in [3.05, 3.63) is 11.7 Å². The third kappa shape index (κ3) is 6.11. The van der Waals surface area contributed by atoms with Gasteiger partial charge in [-0.3, -0.25) is 4.79 Å². The van der Waals surface area contributed by atoms with Crippen molar-refractivity contribution in [2.45, 2.75) is 70.8 Å². The molecule has 1 amide bonds. The first-order chi connectivity index (χ1) is 10.6. The lowest BCUT2D eigenvalue weighted by molar-refractivity contribution is -0.122. The van der Waals surface area contributed by atoms with Crippen LogP contribution in [0.2, 0.25) is 0 Å². The first-order valence-corrected chi connectivity index (χ1v) is 8.42. The summed E-state index contributed by atoms with van der Waals surface area (Å²) in [5, 5.41) is 6.99. The summed E-state index contributed by atoms with van der Waals surface area (Å²) in [6.07, 6.45) is 6.98. The van der Waals surface area contributed by atoms with E-state index < -0.39 is 0 Å². The standard InChI is InChI=1S/C16H28N4O2.ClH/c1-11(2)16-19-15(22-20-16)9-8-14(21)18-13(10-17)12-6-4-3-5-7-12;/h11-13H,3-10,17H2,1-2H3,(H,18,21);1H. The fraction of sp³-hybridized carbons (Fsp3) is 0.812. The summed E-state index contributed by atoms with van der Waals surface area (Å²) in [6.45, 7) is 4.53. The molecule has 0 aliphatic heterocycles. The molecule has 23 heavy (non-hydrogen) atoms. The maximum Gasteiger partial charge on any atom is 0.227 e. The number of aryl methyl sites for hydroxylation is 1. The van der Waals surface area contributed by atoms with Crippen LogP contribution in [-0.2, 0) is 11.2 Å². The van der Waals surface area contributed by atoms with Crippen molar-refractivity contribution in [3.63, 3.8) is 0 Å². The minimum absolute atomic E-state index is 0. The minimum atomic E-state index is 0. The second kappa shape index (κ2) is 9.88. The molecule has 0 saturated heterocycles. The number of halogens is 1. The van der Waals surface area contributed by atoms with Gasteiger partial charge in [-0.15, -0.1) is 12.4 Å². The lowest BCUT2D eigenvalue weighted by Gasteiger charge is -2.30. The normalized spacial score (nSPS) is 16.9. The molecule has 1 atom stereocenters. The van der Waals surface area contributed by atoms with Crippen LogP contribution in [0.4, 0.5) is 0 Å². The van der Waals surface area contributed by atoms with Crippen LogP contribution in [0.25, 0.3) is 0 Å². The Hall–Kier alpha value is -1.14. The van der Waals surface area contributed by atoms with Crippen LogP contribution in [-0.4, -0.2) is 28.6 Å². The monoisotopic (exact) mass is 344 g/mol. The van der Waals surface area contributed by atoms with Crippen LogP contribution in [0, 0.1) is 5.92 Å². The van der Waals surface area contributed by atoms with E-state index in [1.165, 1.54) is 32.1 Å². The summed E-state index contributed by atoms with van der Waals surface area (Å²) < 4.78 is 5.16. The van der Waals surface area contributed by atoms with Crippen LogP contribution in [0.15, 0.2) is 4.52 Å². The Kier molecular flexibility index (Phi) is 8.55. The van der Waals surface area contributed by atoms with E-state index in [1.54, 1.807) is 0 Å². The fourth-order valence-corrected chi connectivity index (χ4v) is 3.01. The number of nitrogens with two attached hydrogens (primary N) is 1. The van der Waals surface area contributed by atoms with E-state index >= 15 is 0 Å². The second-order valence-electron chi connectivity index (χ2n) is 6.51. The first-order valence-electron chi connectivity index (χ1n) is 8.42. The van der Waals surface area contributed by atoms with Gasteiger partial charge in [0.2, 0.25) is 11.8 Å². The number of amides is 1. The SMILES string of the molecule is CC(C)c1noc(CCC(=O)NC(CN)C2CCCCC2)n1.Cl. The summed E-state index contributed by atoms with van der Waals surface area (Å²) in [5.74, 6) is 2.00. The first kappa shape index (κ1) is 19.9. The molecule has 7 heteroatoms. The van der Waals surface area contributed by atoms with Crippen LogP contribution >= 0.6 is 12.4 Å². The number of nitrogens with zero attached hydrogens (tertiary/aromatic N) is 2. The molecule has 1 fully saturated rings. The molecule has 1 aromatic rings. The zero-order chi connectivity index (χ0) is 15.9. The van der Waals surface area contributed by atoms with Gasteiger partial charge in [-0.2, -0.15) is 4.98 Å². The molecule has 1 unspecified atom stereocenters. The Morgan fingerprint density at radius 3 is 2.61 bits per heavy atom. The topological polar surface area (TPSA) is 94.0 Å². The highest BCUT2D eigenvalue weighted by Gasteiger charge is 2.24. The molecule has 2 rings (SSSR count). The molecule has 3 N–H and O–H groups in total. The van der Waals surface area contributed by atoms with Gasteiger partial charge >= 0.3 is 0 Å². The number of hydrogen-bond donors (Lipinski definition) is 2. The van der Waals surface area contributed by atoms with Gasteiger partial charge in [-0.1, -0.05) is 38.3 Å². The molecule has 1 aliphatic carbocycles. The summed E-state index contributed by atoms with van der Waals surface area (Å²) in [7, 11) is 0. The van der Waals surface area contributed by atoms with Crippen molar-refractivity contribution >= 4 is 18.3 Å². The van der Waals surface area contributed by atoms with E-state index in [1.807, 2.05) is 13.8 Å². The van der Waals surface area contributed by atoms with Gasteiger partial charge in [0.15, 0.2) is 5.82 Å². The molecule has 1 saturated carbocycles. The van der Waals surface area contributed by atoms with E-state index in [2.05, 4.69) is 15.5 Å². The lowest BCUT2D eigenvalue weighted by atomic mass is 9.84. The number of nitrogens with one attached hydrogen (secondary N) is 1. The Morgan fingerprint density at radius 2 is 2.04 bits per heavy atom. The molecule has 0 radical (unpaired) electrons. The van der Waals surface area contributed by atoms with Crippen LogP contribution < -0.4 is 11.1 Å². The maximum atomic E-state index is 12.1. The van der Waals surface area contributed by atoms with E-state index in [9.17, 15) is 4.79 Å². The van der Waals surface area contributed by atoms with Crippen molar-refractivity contribution in [2.24, 2.45) is 11.7 Å². The quantitative estimate of drug-likeness (QED) is 0.792. The Labute approximate surface area is 144 Å². The van der Waals surface area contributed by atoms with Gasteiger partial charge in [0.05, 0.1) is 0 Å². The smallest absolute Gasteiger partial charge is 0.227 e. The second-order valence-corrected chi connectivity index (χ2v) is 6.51. The average molecular weight is 345 g/mol. The molecular weight excluding hydrogens is 316 g/mol. The number of hydrogen-bond acceptors (Lipinski definition) is 5. The highest BCUT2D eigenvalue weighted by atomic mass is 35.5. The lowest BCUT2D eigenvalue weighted by Crippen LogP contribution is -2.46. The molecule has 1 heterocycles. The van der Waals surface area contributed by atoms with Gasteiger partial charge in [0.1, 0.15) is 0 Å². The van der Waals surface area contributed by atoms with Crippen molar-refractivity contribution < 1.29 is 9.32 Å². The Bertz CT molecular complexity index is 472. The number of carbonyl (C=O) groups is 1. The molecule has 6 nitrogen and oxygen atoms in total. The zero-order valence-corrected chi connectivity index (χ0v) is 14.9. The van der Waals surface area contributed by atoms with Gasteiger partial charge < -0.3 is 15.6 Å². The molecule has 1 aliphatic rings. The van der Waals surface area contributed by atoms with E-state index in [-0.39, 0.29) is 30.3 Å². The fourth-order valence-electron chi connectivity index (χ4n) is 3.01. The largest absolute Gasteiger partial charge is 0.352 e. The number of carbonyl (C=O) groups excluding carboxylic acids is 1. The highest BCUT2D eigenvalue weighted by Crippen LogP contribution is 2.26. The van der Waals surface area contributed by atoms with E-state index in [0.717, 1.165) is 0 Å². The van der Waals surface area contributed by atoms with Crippen molar-refractivity contribution in [1.82, 2.24) is 15.5 Å². The molecule has 0 aromatic carbocycles. The van der Waals surface area contributed by atoms with E-state index in [0.29, 0.717) is 37.0 Å². The zero-order valence-electron chi connectivity index (χ0n) is 14.1. The van der Waals surface area contributed by atoms with Crippen LogP contribution in [0.3, 0.4) is 0 Å². The molecule has 0 bridgehead atoms. The minimum Gasteiger partial charge on any atom is -0.352 e. The summed E-state index contributed by atoms with van der Waals surface area (Å²) in [5.41, 5.74) is 5.84. The molecule has 1 aromatic heterocycles. The highest BCUT2D eigenvalue weighted by molar-refractivity contribution is 5.85. The molecule has 132 valence electrons. The maximum absolute atomic E-state index is 12.1. The van der Waals surface area contributed by atoms with Crippen LogP contribution in [0.5, 0.6) is 0 Å². The number of aromatic nitrogens is 2. The van der Waals surface area contributed by atoms with E-state index in [4.69, 9.17) is 10.3 Å². The van der Waals surface area contributed by atoms with Gasteiger partial charge in [-0.25, -0.2) is 0 Å². The average Bonchev–Trinajstić information content (AvgIpc) is 3.01. The Morgan fingerprint density at radius 1 is 1.35 bits per heavy atom. The molecule has 0 spiro atoms.